The van der Waals surface area contributed by atoms with Crippen LogP contribution in [0.1, 0.15) is 52.2 Å². The van der Waals surface area contributed by atoms with E-state index in [1.165, 1.54) is 6.07 Å². The van der Waals surface area contributed by atoms with Crippen LogP contribution in [-0.2, 0) is 11.6 Å². The van der Waals surface area contributed by atoms with Gasteiger partial charge >= 0.3 is 6.18 Å². The molecule has 0 aliphatic carbocycles. The summed E-state index contributed by atoms with van der Waals surface area (Å²) >= 11 is 5.95. The molecule has 152 valence electrons. The number of phenolic OH excluding ortho intramolecular Hbond substituents is 1. The highest BCUT2D eigenvalue weighted by molar-refractivity contribution is 6.33. The summed E-state index contributed by atoms with van der Waals surface area (Å²) in [7, 11) is 0. The summed E-state index contributed by atoms with van der Waals surface area (Å²) in [5, 5.41) is 17.9. The predicted octanol–water partition coefficient (Wildman–Crippen LogP) is 8.19. The van der Waals surface area contributed by atoms with Gasteiger partial charge in [0, 0.05) is 0 Å². The van der Waals surface area contributed by atoms with Gasteiger partial charge in [0.25, 0.3) is 0 Å². The molecule has 28 heavy (non-hydrogen) atoms. The molecule has 0 fully saturated rings. The molecular weight excluding hydrogens is 389 g/mol. The number of phenols is 1. The number of aromatic hydroxyl groups is 1. The number of hydrogen-bond acceptors (Lipinski definition) is 3. The maximum absolute atomic E-state index is 12.9. The molecule has 0 amide bonds. The lowest BCUT2D eigenvalue weighted by atomic mass is 9.72. The molecule has 0 heterocycles. The second-order valence-electron chi connectivity index (χ2n) is 8.69. The van der Waals surface area contributed by atoms with Gasteiger partial charge in [0.05, 0.1) is 10.6 Å². The van der Waals surface area contributed by atoms with Crippen molar-refractivity contribution >= 4 is 23.0 Å². The monoisotopic (exact) mass is 412 g/mol. The highest BCUT2D eigenvalue weighted by Crippen LogP contribution is 2.40. The van der Waals surface area contributed by atoms with E-state index in [1.807, 2.05) is 6.07 Å². The molecule has 2 rings (SSSR count). The van der Waals surface area contributed by atoms with Crippen LogP contribution in [0.4, 0.5) is 24.5 Å². The van der Waals surface area contributed by atoms with E-state index in [0.717, 1.165) is 30.2 Å². The van der Waals surface area contributed by atoms with Crippen LogP contribution in [-0.4, -0.2) is 5.11 Å². The fourth-order valence-corrected chi connectivity index (χ4v) is 3.48. The van der Waals surface area contributed by atoms with Crippen molar-refractivity contribution in [1.29, 1.82) is 0 Å². The Labute approximate surface area is 168 Å². The van der Waals surface area contributed by atoms with Crippen LogP contribution in [0.2, 0.25) is 5.02 Å². The SMILES string of the molecule is CC(C)(C)CC(C)(C)c1ccc(O)c(N=Nc2cc(C(F)(F)F)ccc2Cl)c1. The number of nitrogens with zero attached hydrogens (tertiary/aromatic N) is 2. The van der Waals surface area contributed by atoms with Crippen LogP contribution < -0.4 is 0 Å². The van der Waals surface area contributed by atoms with Gasteiger partial charge in [0.15, 0.2) is 0 Å². The van der Waals surface area contributed by atoms with E-state index >= 15 is 0 Å². The Bertz CT molecular complexity index is 884. The van der Waals surface area contributed by atoms with Crippen LogP contribution >= 0.6 is 11.6 Å². The average Bonchev–Trinajstić information content (AvgIpc) is 2.51. The quantitative estimate of drug-likeness (QED) is 0.505. The van der Waals surface area contributed by atoms with Gasteiger partial charge in [-0.25, -0.2) is 0 Å². The van der Waals surface area contributed by atoms with Crippen LogP contribution in [0.25, 0.3) is 0 Å². The Morgan fingerprint density at radius 3 is 1.96 bits per heavy atom. The number of hydrogen-bond donors (Lipinski definition) is 1. The van der Waals surface area contributed by atoms with E-state index in [-0.39, 0.29) is 33.0 Å². The Kier molecular flexibility index (Phi) is 6.14. The summed E-state index contributed by atoms with van der Waals surface area (Å²) in [6.45, 7) is 10.6. The Morgan fingerprint density at radius 2 is 1.39 bits per heavy atom. The van der Waals surface area contributed by atoms with Gasteiger partial charge in [-0.3, -0.25) is 0 Å². The molecule has 0 radical (unpaired) electrons. The third-order valence-electron chi connectivity index (χ3n) is 4.27. The van der Waals surface area contributed by atoms with Gasteiger partial charge in [0.1, 0.15) is 17.1 Å². The summed E-state index contributed by atoms with van der Waals surface area (Å²) in [5.74, 6) is -0.109. The second-order valence-corrected chi connectivity index (χ2v) is 9.10. The summed E-state index contributed by atoms with van der Waals surface area (Å²) in [6.07, 6.45) is -3.62. The number of azo groups is 1. The zero-order valence-corrected chi connectivity index (χ0v) is 17.3. The first-order valence-corrected chi connectivity index (χ1v) is 9.19. The van der Waals surface area contributed by atoms with Crippen LogP contribution in [0.5, 0.6) is 5.75 Å². The molecule has 2 aromatic rings. The molecule has 0 saturated heterocycles. The Balaban J connectivity index is 2.40. The third-order valence-corrected chi connectivity index (χ3v) is 4.59. The zero-order valence-electron chi connectivity index (χ0n) is 16.5. The molecule has 0 unspecified atom stereocenters. The fourth-order valence-electron chi connectivity index (χ4n) is 3.33. The molecule has 0 saturated carbocycles. The largest absolute Gasteiger partial charge is 0.506 e. The van der Waals surface area contributed by atoms with Crippen molar-refractivity contribution in [1.82, 2.24) is 0 Å². The van der Waals surface area contributed by atoms with Gasteiger partial charge in [-0.1, -0.05) is 52.3 Å². The normalized spacial score (nSPS) is 13.3. The van der Waals surface area contributed by atoms with Crippen molar-refractivity contribution in [3.8, 4) is 5.75 Å². The Hall–Kier alpha value is -2.08. The highest BCUT2D eigenvalue weighted by Gasteiger charge is 2.31. The number of alkyl halides is 3. The van der Waals surface area contributed by atoms with Gasteiger partial charge < -0.3 is 5.11 Å². The lowest BCUT2D eigenvalue weighted by Crippen LogP contribution is -2.24. The number of benzene rings is 2. The average molecular weight is 413 g/mol. The van der Waals surface area contributed by atoms with Crippen molar-refractivity contribution in [2.45, 2.75) is 52.6 Å². The summed E-state index contributed by atoms with van der Waals surface area (Å²) in [6, 6.07) is 7.87. The molecule has 0 atom stereocenters. The predicted molar refractivity (Wildman–Crippen MR) is 106 cm³/mol. The maximum atomic E-state index is 12.9. The minimum atomic E-state index is -4.51. The molecule has 1 N–H and O–H groups in total. The van der Waals surface area contributed by atoms with E-state index in [2.05, 4.69) is 44.8 Å². The van der Waals surface area contributed by atoms with E-state index in [1.54, 1.807) is 6.07 Å². The molecule has 0 bridgehead atoms. The van der Waals surface area contributed by atoms with Crippen molar-refractivity contribution in [3.05, 3.63) is 52.5 Å². The first-order chi connectivity index (χ1) is 12.7. The second kappa shape index (κ2) is 7.74. The van der Waals surface area contributed by atoms with Crippen LogP contribution in [0.15, 0.2) is 46.6 Å². The zero-order chi connectivity index (χ0) is 21.3. The van der Waals surface area contributed by atoms with Gasteiger partial charge in [0.2, 0.25) is 0 Å². The lowest BCUT2D eigenvalue weighted by molar-refractivity contribution is -0.137. The molecule has 0 aliphatic rings. The minimum absolute atomic E-state index is 0.0421. The minimum Gasteiger partial charge on any atom is -0.506 e. The molecule has 7 heteroatoms. The van der Waals surface area contributed by atoms with Gasteiger partial charge in [-0.2, -0.15) is 13.2 Å². The van der Waals surface area contributed by atoms with Gasteiger partial charge in [-0.15, -0.1) is 10.2 Å². The first kappa shape index (κ1) is 22.2. The highest BCUT2D eigenvalue weighted by atomic mass is 35.5. The molecular formula is C21H24ClF3N2O. The van der Waals surface area contributed by atoms with Crippen LogP contribution in [0, 0.1) is 5.41 Å². The van der Waals surface area contributed by atoms with Crippen molar-refractivity contribution in [3.63, 3.8) is 0 Å². The van der Waals surface area contributed by atoms with Crippen molar-refractivity contribution < 1.29 is 18.3 Å². The van der Waals surface area contributed by atoms with Gasteiger partial charge in [-0.05, 0) is 53.1 Å². The van der Waals surface area contributed by atoms with E-state index in [9.17, 15) is 18.3 Å². The van der Waals surface area contributed by atoms with E-state index in [4.69, 9.17) is 11.6 Å². The first-order valence-electron chi connectivity index (χ1n) is 8.81. The summed E-state index contributed by atoms with van der Waals surface area (Å²) in [5.41, 5.74) is 0.0428. The van der Waals surface area contributed by atoms with Crippen molar-refractivity contribution in [2.75, 3.05) is 0 Å². The smallest absolute Gasteiger partial charge is 0.416 e. The Morgan fingerprint density at radius 1 is 0.857 bits per heavy atom. The van der Waals surface area contributed by atoms with E-state index in [0.29, 0.717) is 0 Å². The maximum Gasteiger partial charge on any atom is 0.416 e. The summed E-state index contributed by atoms with van der Waals surface area (Å²) in [4.78, 5) is 0. The van der Waals surface area contributed by atoms with E-state index < -0.39 is 11.7 Å². The molecule has 3 nitrogen and oxygen atoms in total. The molecule has 0 spiro atoms. The molecule has 0 aliphatic heterocycles. The number of halogens is 4. The standard InChI is InChI=1S/C21H24ClF3N2O/c1-19(2,3)12-20(4,5)13-7-9-18(28)17(10-13)27-26-16-11-14(21(23,24)25)6-8-15(16)22/h6-11,28H,12H2,1-5H3. The lowest BCUT2D eigenvalue weighted by Gasteiger charge is -2.33. The van der Waals surface area contributed by atoms with Crippen LogP contribution in [0.3, 0.4) is 0 Å². The molecule has 0 aromatic heterocycles. The third kappa shape index (κ3) is 5.71. The molecule has 2 aromatic carbocycles. The van der Waals surface area contributed by atoms with Crippen molar-refractivity contribution in [2.24, 2.45) is 15.6 Å². The number of rotatable bonds is 4. The summed E-state index contributed by atoms with van der Waals surface area (Å²) < 4.78 is 38.7. The topological polar surface area (TPSA) is 45.0 Å². The fraction of sp³-hybridized carbons (Fsp3) is 0.429.